The first-order chi connectivity index (χ1) is 10.1. The first kappa shape index (κ1) is 21.9. The van der Waals surface area contributed by atoms with Crippen LogP contribution in [-0.2, 0) is 18.7 Å². The number of carbonyl (C=O) groups is 2. The molecule has 0 aromatic rings. The van der Waals surface area contributed by atoms with E-state index in [9.17, 15) is 9.59 Å². The highest BCUT2D eigenvalue weighted by molar-refractivity contribution is 6.74. The molecule has 0 saturated heterocycles. The third-order valence-corrected chi connectivity index (χ3v) is 8.46. The van der Waals surface area contributed by atoms with E-state index in [0.29, 0.717) is 0 Å². The number of amides is 1. The van der Waals surface area contributed by atoms with E-state index in [2.05, 4.69) is 39.2 Å². The Balaban J connectivity index is 5.12. The minimum Gasteiger partial charge on any atom is -0.467 e. The van der Waals surface area contributed by atoms with E-state index < -0.39 is 38.1 Å². The third kappa shape index (κ3) is 7.35. The Labute approximate surface area is 141 Å². The molecule has 0 saturated carbocycles. The van der Waals surface area contributed by atoms with E-state index in [1.807, 2.05) is 0 Å². The predicted octanol–water partition coefficient (Wildman–Crippen LogP) is 3.46. The van der Waals surface area contributed by atoms with Crippen LogP contribution in [0, 0.1) is 0 Å². The average Bonchev–Trinajstić information content (AvgIpc) is 2.30. The van der Waals surface area contributed by atoms with E-state index in [1.165, 1.54) is 7.11 Å². The number of nitrogens with one attached hydrogen (secondary N) is 1. The summed E-state index contributed by atoms with van der Waals surface area (Å²) in [6, 6.07) is -0.913. The average molecular weight is 348 g/mol. The Kier molecular flexibility index (Phi) is 7.30. The molecule has 136 valence electrons. The normalized spacial score (nSPS) is 15.6. The second-order valence-electron chi connectivity index (χ2n) is 8.23. The van der Waals surface area contributed by atoms with Crippen LogP contribution in [-0.4, -0.2) is 45.2 Å². The van der Waals surface area contributed by atoms with Gasteiger partial charge in [0.1, 0.15) is 5.60 Å². The molecule has 0 aromatic carbocycles. The summed E-state index contributed by atoms with van der Waals surface area (Å²) in [6.07, 6.45) is -1.19. The molecular formula is C16H33NO5Si. The zero-order valence-corrected chi connectivity index (χ0v) is 17.2. The summed E-state index contributed by atoms with van der Waals surface area (Å²) in [6.45, 7) is 17.6. The number of ether oxygens (including phenoxy) is 2. The molecule has 0 aliphatic rings. The number of alkyl carbamates (subject to hydrolysis) is 1. The number of esters is 1. The van der Waals surface area contributed by atoms with Crippen LogP contribution in [0.5, 0.6) is 0 Å². The van der Waals surface area contributed by atoms with Crippen molar-refractivity contribution >= 4 is 20.4 Å². The van der Waals surface area contributed by atoms with Gasteiger partial charge in [0.25, 0.3) is 0 Å². The summed E-state index contributed by atoms with van der Waals surface area (Å²) in [5.74, 6) is -0.554. The van der Waals surface area contributed by atoms with Gasteiger partial charge in [-0.2, -0.15) is 0 Å². The fourth-order valence-corrected chi connectivity index (χ4v) is 3.06. The van der Waals surface area contributed by atoms with Crippen molar-refractivity contribution in [2.75, 3.05) is 7.11 Å². The van der Waals surface area contributed by atoms with E-state index in [1.54, 1.807) is 27.7 Å². The molecule has 0 rings (SSSR count). The van der Waals surface area contributed by atoms with E-state index in [0.717, 1.165) is 0 Å². The summed E-state index contributed by atoms with van der Waals surface area (Å²) in [7, 11) is -0.804. The molecule has 7 heteroatoms. The molecule has 0 bridgehead atoms. The maximum Gasteiger partial charge on any atom is 0.408 e. The van der Waals surface area contributed by atoms with Crippen molar-refractivity contribution < 1.29 is 23.5 Å². The monoisotopic (exact) mass is 347 g/mol. The third-order valence-electron chi connectivity index (χ3n) is 3.88. The van der Waals surface area contributed by atoms with Gasteiger partial charge in [-0.25, -0.2) is 9.59 Å². The fourth-order valence-electron chi connectivity index (χ4n) is 1.64. The van der Waals surface area contributed by atoms with Crippen molar-refractivity contribution in [1.29, 1.82) is 0 Å². The van der Waals surface area contributed by atoms with Gasteiger partial charge in [-0.05, 0) is 45.8 Å². The summed E-state index contributed by atoms with van der Waals surface area (Å²) in [4.78, 5) is 24.0. The molecule has 6 nitrogen and oxygen atoms in total. The molecule has 0 aliphatic carbocycles. The standard InChI is InChI=1S/C16H33NO5Si/c1-11(22-23(9,10)16(5,6)7)12(13(18)20-8)17-14(19)21-15(2,3)4/h11-12H,1-10H3,(H,17,19)/t11-,12-/m1/s1. The lowest BCUT2D eigenvalue weighted by Crippen LogP contribution is -2.54. The van der Waals surface area contributed by atoms with Crippen LogP contribution < -0.4 is 5.32 Å². The highest BCUT2D eigenvalue weighted by Crippen LogP contribution is 2.37. The van der Waals surface area contributed by atoms with Crippen molar-refractivity contribution in [2.45, 2.75) is 84.3 Å². The van der Waals surface area contributed by atoms with Crippen LogP contribution in [0.4, 0.5) is 4.79 Å². The highest BCUT2D eigenvalue weighted by atomic mass is 28.4. The smallest absolute Gasteiger partial charge is 0.408 e. The lowest BCUT2D eigenvalue weighted by atomic mass is 10.2. The Morgan fingerprint density at radius 1 is 1.04 bits per heavy atom. The quantitative estimate of drug-likeness (QED) is 0.609. The number of methoxy groups -OCH3 is 1. The summed E-state index contributed by atoms with van der Waals surface area (Å²) >= 11 is 0. The first-order valence-electron chi connectivity index (χ1n) is 7.86. The van der Waals surface area contributed by atoms with Gasteiger partial charge in [0.15, 0.2) is 14.4 Å². The number of carbonyl (C=O) groups excluding carboxylic acids is 2. The molecule has 1 amide bonds. The minimum absolute atomic E-state index is 0.00610. The molecule has 0 radical (unpaired) electrons. The predicted molar refractivity (Wildman–Crippen MR) is 92.9 cm³/mol. The Morgan fingerprint density at radius 3 is 1.87 bits per heavy atom. The van der Waals surface area contributed by atoms with Crippen molar-refractivity contribution in [3.63, 3.8) is 0 Å². The summed E-state index contributed by atoms with van der Waals surface area (Å²) in [5.41, 5.74) is -0.645. The van der Waals surface area contributed by atoms with Crippen LogP contribution >= 0.6 is 0 Å². The molecule has 0 fully saturated rings. The van der Waals surface area contributed by atoms with Crippen molar-refractivity contribution in [3.05, 3.63) is 0 Å². The van der Waals surface area contributed by atoms with Gasteiger partial charge in [0, 0.05) is 0 Å². The van der Waals surface area contributed by atoms with Crippen LogP contribution in [0.2, 0.25) is 18.1 Å². The topological polar surface area (TPSA) is 73.9 Å². The number of rotatable bonds is 5. The Morgan fingerprint density at radius 2 is 1.52 bits per heavy atom. The van der Waals surface area contributed by atoms with Gasteiger partial charge in [0.05, 0.1) is 13.2 Å². The lowest BCUT2D eigenvalue weighted by molar-refractivity contribution is -0.145. The Bertz CT molecular complexity index is 423. The van der Waals surface area contributed by atoms with Crippen LogP contribution in [0.3, 0.4) is 0 Å². The van der Waals surface area contributed by atoms with Crippen LogP contribution in [0.15, 0.2) is 0 Å². The molecule has 23 heavy (non-hydrogen) atoms. The lowest BCUT2D eigenvalue weighted by Gasteiger charge is -2.39. The van der Waals surface area contributed by atoms with Crippen LogP contribution in [0.25, 0.3) is 0 Å². The van der Waals surface area contributed by atoms with Gasteiger partial charge >= 0.3 is 12.1 Å². The maximum atomic E-state index is 12.0. The second kappa shape index (κ2) is 7.66. The molecule has 0 spiro atoms. The summed E-state index contributed by atoms with van der Waals surface area (Å²) < 4.78 is 16.2. The van der Waals surface area contributed by atoms with E-state index in [-0.39, 0.29) is 5.04 Å². The van der Waals surface area contributed by atoms with Crippen LogP contribution in [0.1, 0.15) is 48.5 Å². The van der Waals surface area contributed by atoms with Crippen molar-refractivity contribution in [3.8, 4) is 0 Å². The first-order valence-corrected chi connectivity index (χ1v) is 10.8. The zero-order chi connectivity index (χ0) is 18.6. The van der Waals surface area contributed by atoms with Gasteiger partial charge in [-0.1, -0.05) is 20.8 Å². The number of hydrogen-bond acceptors (Lipinski definition) is 5. The van der Waals surface area contributed by atoms with Crippen molar-refractivity contribution in [2.24, 2.45) is 0 Å². The van der Waals surface area contributed by atoms with Gasteiger partial charge in [-0.3, -0.25) is 0 Å². The second-order valence-corrected chi connectivity index (χ2v) is 13.0. The van der Waals surface area contributed by atoms with E-state index in [4.69, 9.17) is 13.9 Å². The largest absolute Gasteiger partial charge is 0.467 e. The van der Waals surface area contributed by atoms with Gasteiger partial charge in [0.2, 0.25) is 0 Å². The Hall–Kier alpha value is -1.08. The zero-order valence-electron chi connectivity index (χ0n) is 16.2. The van der Waals surface area contributed by atoms with Gasteiger partial charge in [-0.15, -0.1) is 0 Å². The fraction of sp³-hybridized carbons (Fsp3) is 0.875. The molecule has 0 aromatic heterocycles. The molecular weight excluding hydrogens is 314 g/mol. The molecule has 1 N–H and O–H groups in total. The van der Waals surface area contributed by atoms with Crippen molar-refractivity contribution in [1.82, 2.24) is 5.32 Å². The number of hydrogen-bond donors (Lipinski definition) is 1. The minimum atomic E-state index is -2.09. The SMILES string of the molecule is COC(=O)[C@H](NC(=O)OC(C)(C)C)[C@@H](C)O[Si](C)(C)C(C)(C)C. The highest BCUT2D eigenvalue weighted by Gasteiger charge is 2.41. The molecule has 2 atom stereocenters. The molecule has 0 heterocycles. The summed E-state index contributed by atoms with van der Waals surface area (Å²) in [5, 5.41) is 2.55. The van der Waals surface area contributed by atoms with E-state index >= 15 is 0 Å². The molecule has 0 unspecified atom stereocenters. The maximum absolute atomic E-state index is 12.0. The van der Waals surface area contributed by atoms with Gasteiger partial charge < -0.3 is 19.2 Å². The molecule has 0 aliphatic heterocycles.